The van der Waals surface area contributed by atoms with Crippen LogP contribution in [0.25, 0.3) is 21.8 Å². The highest BCUT2D eigenvalue weighted by Crippen LogP contribution is 2.32. The van der Waals surface area contributed by atoms with Gasteiger partial charge in [0.1, 0.15) is 77.6 Å². The summed E-state index contributed by atoms with van der Waals surface area (Å²) in [5.74, 6) is -13.0. The van der Waals surface area contributed by atoms with Crippen molar-refractivity contribution in [2.24, 2.45) is 5.73 Å². The van der Waals surface area contributed by atoms with Gasteiger partial charge in [-0.05, 0) is 109 Å². The number of fused-ring (bicyclic) bond motifs is 33. The number of halogens is 2. The van der Waals surface area contributed by atoms with Gasteiger partial charge < -0.3 is 88.4 Å². The number of hydrogen-bond donors (Lipinski definition) is 15. The van der Waals surface area contributed by atoms with E-state index in [2.05, 4.69) is 67.8 Å². The number of phenolic OH excluding ortho intramolecular Hbond substituents is 1. The van der Waals surface area contributed by atoms with Crippen LogP contribution in [-0.2, 0) is 89.6 Å². The number of carboxylic acid groups (broad SMARTS) is 1. The van der Waals surface area contributed by atoms with Crippen molar-refractivity contribution in [3.05, 3.63) is 149 Å². The van der Waals surface area contributed by atoms with E-state index in [1.165, 1.54) is 85.3 Å². The molecule has 30 nitrogen and oxygen atoms in total. The molecule has 10 rings (SSSR count). The largest absolute Gasteiger partial charge is 0.508 e. The Bertz CT molecular complexity index is 4170. The summed E-state index contributed by atoms with van der Waals surface area (Å²) in [6.45, 7) is 1.71. The van der Waals surface area contributed by atoms with Crippen LogP contribution in [0.5, 0.6) is 11.5 Å². The summed E-state index contributed by atoms with van der Waals surface area (Å²) in [4.78, 5) is 182. The number of aromatic nitrogens is 4. The van der Waals surface area contributed by atoms with E-state index in [9.17, 15) is 66.9 Å². The Kier molecular flexibility index (Phi) is 23.4. The van der Waals surface area contributed by atoms with Crippen LogP contribution >= 0.6 is 0 Å². The number of nitrogens with one attached hydrogen (secondary N) is 12. The quantitative estimate of drug-likeness (QED) is 0.0718. The molecule has 3 aliphatic heterocycles. The van der Waals surface area contributed by atoms with E-state index in [4.69, 9.17) is 10.5 Å². The minimum Gasteiger partial charge on any atom is -0.508 e. The van der Waals surface area contributed by atoms with Gasteiger partial charge in [-0.25, -0.2) is 13.8 Å². The second kappa shape index (κ2) is 32.3. The van der Waals surface area contributed by atoms with Crippen molar-refractivity contribution >= 4 is 92.8 Å². The van der Waals surface area contributed by atoms with Crippen LogP contribution in [0.15, 0.2) is 110 Å². The first kappa shape index (κ1) is 71.6. The molecule has 8 atom stereocenters. The highest BCUT2D eigenvalue weighted by Gasteiger charge is 2.49. The first-order valence-corrected chi connectivity index (χ1v) is 31.7. The van der Waals surface area contributed by atoms with Gasteiger partial charge in [-0.1, -0.05) is 24.3 Å². The smallest absolute Gasteiger partial charge is 0.305 e. The maximum Gasteiger partial charge on any atom is 0.305 e. The molecule has 0 spiro atoms. The first-order valence-electron chi connectivity index (χ1n) is 31.7. The summed E-state index contributed by atoms with van der Waals surface area (Å²) < 4.78 is 35.5. The molecule has 16 N–H and O–H groups in total. The summed E-state index contributed by atoms with van der Waals surface area (Å²) in [5, 5.41) is 43.9. The van der Waals surface area contributed by atoms with Crippen molar-refractivity contribution in [2.45, 2.75) is 126 Å². The number of hydrogen-bond acceptors (Lipinski definition) is 15. The van der Waals surface area contributed by atoms with Crippen LogP contribution in [-0.4, -0.2) is 180 Å². The lowest BCUT2D eigenvalue weighted by Gasteiger charge is -2.37. The van der Waals surface area contributed by atoms with Gasteiger partial charge in [0.05, 0.1) is 25.8 Å². The fourth-order valence-corrected chi connectivity index (χ4v) is 11.9. The lowest BCUT2D eigenvalue weighted by atomic mass is 9.94. The molecule has 11 amide bonds. The highest BCUT2D eigenvalue weighted by molar-refractivity contribution is 6.01. The molecule has 0 aliphatic carbocycles. The molecule has 32 heteroatoms. The van der Waals surface area contributed by atoms with Gasteiger partial charge in [0.15, 0.2) is 0 Å². The van der Waals surface area contributed by atoms with Crippen LogP contribution < -0.4 is 58.3 Å². The summed E-state index contributed by atoms with van der Waals surface area (Å²) in [5.41, 5.74) is 6.69. The lowest BCUT2D eigenvalue weighted by Crippen LogP contribution is -2.63. The van der Waals surface area contributed by atoms with E-state index in [-0.39, 0.29) is 91.6 Å². The fraction of sp³-hybridized carbons (Fsp3) is 0.358. The van der Waals surface area contributed by atoms with E-state index >= 15 is 9.59 Å². The number of aromatic hydroxyl groups is 1. The van der Waals surface area contributed by atoms with E-state index in [0.717, 1.165) is 19.1 Å². The monoisotopic (exact) mass is 1370 g/mol. The number of carbonyl (C=O) groups is 12. The average Bonchev–Trinajstić information content (AvgIpc) is 1.68. The number of aliphatic carboxylic acids is 1. The van der Waals surface area contributed by atoms with Gasteiger partial charge in [0.2, 0.25) is 65.0 Å². The number of ether oxygens (including phenoxy) is 1. The van der Waals surface area contributed by atoms with Gasteiger partial charge in [0.25, 0.3) is 0 Å². The van der Waals surface area contributed by atoms with Gasteiger partial charge in [0, 0.05) is 98.1 Å². The van der Waals surface area contributed by atoms with Crippen molar-refractivity contribution in [3.63, 3.8) is 0 Å². The maximum atomic E-state index is 15.2. The lowest BCUT2D eigenvalue weighted by molar-refractivity contribution is -0.147. The number of amides is 11. The number of carboxylic acids is 1. The molecule has 7 aromatic rings. The number of carbonyl (C=O) groups excluding carboxylic acids is 11. The van der Waals surface area contributed by atoms with Crippen molar-refractivity contribution in [3.8, 4) is 11.5 Å². The Morgan fingerprint density at radius 1 is 0.687 bits per heavy atom. The van der Waals surface area contributed by atoms with E-state index in [0.29, 0.717) is 27.9 Å². The number of benzene rings is 4. The number of rotatable bonds is 12. The number of aromatic amines is 3. The number of primary amides is 1. The van der Waals surface area contributed by atoms with Crippen molar-refractivity contribution in [1.82, 2.24) is 72.7 Å². The third-order valence-corrected chi connectivity index (χ3v) is 17.1. The van der Waals surface area contributed by atoms with Crippen molar-refractivity contribution < 1.29 is 81.3 Å². The number of imidazole rings is 1. The minimum absolute atomic E-state index is 0.0129. The first-order chi connectivity index (χ1) is 47.3. The molecule has 1 saturated heterocycles. The van der Waals surface area contributed by atoms with Crippen molar-refractivity contribution in [1.29, 1.82) is 0 Å². The SMILES string of the molecule is CC(=O)N[C@@H]1CCC(=O)NCCOc2ccc(cc2)C[C@@H](C(N)=O)NC(=O)[C@]2(C)CCCN2C(=O)[C@H](Cc2ccc(O)cc2)NC(=O)[C@H](Cc2cnc[nH]2)NC(=O)[C@H](CC(=O)O)NC(=O)[C@H](Cc2c[nH]c3ccc(F)cc23)NC(=O)[C@H](Cc2c[nH]c3ccc(F)cc23)NC(=O)CNC1=O. The van der Waals surface area contributed by atoms with Crippen LogP contribution in [0.3, 0.4) is 0 Å². The predicted octanol–water partition coefficient (Wildman–Crippen LogP) is 0.0290. The molecular weight excluding hydrogens is 1290 g/mol. The van der Waals surface area contributed by atoms with E-state index in [1.807, 2.05) is 0 Å². The van der Waals surface area contributed by atoms with Gasteiger partial charge in [-0.2, -0.15) is 0 Å². The second-order valence-electron chi connectivity index (χ2n) is 24.4. The number of phenols is 1. The minimum atomic E-state index is -2.07. The van der Waals surface area contributed by atoms with E-state index < -0.39 is 163 Å². The Morgan fingerprint density at radius 3 is 1.86 bits per heavy atom. The molecule has 3 aliphatic rings. The topological polar surface area (TPSA) is 452 Å². The summed E-state index contributed by atoms with van der Waals surface area (Å²) >= 11 is 0. The molecule has 1 fully saturated rings. The molecule has 0 radical (unpaired) electrons. The van der Waals surface area contributed by atoms with Crippen LogP contribution in [0, 0.1) is 11.6 Å². The number of nitrogens with two attached hydrogens (primary N) is 1. The normalized spacial score (nSPS) is 22.6. The van der Waals surface area contributed by atoms with Crippen LogP contribution in [0.2, 0.25) is 0 Å². The second-order valence-corrected chi connectivity index (χ2v) is 24.4. The molecule has 2 bridgehead atoms. The van der Waals surface area contributed by atoms with E-state index in [1.54, 1.807) is 24.3 Å². The highest BCUT2D eigenvalue weighted by atomic mass is 19.1. The van der Waals surface area contributed by atoms with Crippen molar-refractivity contribution in [2.75, 3.05) is 26.2 Å². The molecule has 0 saturated carbocycles. The molecule has 0 unspecified atom stereocenters. The molecule has 522 valence electrons. The van der Waals surface area contributed by atoms with Gasteiger partial charge in [-0.3, -0.25) is 57.5 Å². The number of H-pyrrole nitrogens is 3. The molecule has 3 aromatic heterocycles. The summed E-state index contributed by atoms with van der Waals surface area (Å²) in [6, 6.07) is 8.04. The zero-order chi connectivity index (χ0) is 71.1. The average molecular weight is 1370 g/mol. The Hall–Kier alpha value is -11.7. The summed E-state index contributed by atoms with van der Waals surface area (Å²) in [6.07, 6.45) is 2.41. The Labute approximate surface area is 563 Å². The number of nitrogens with zero attached hydrogens (tertiary/aromatic N) is 2. The zero-order valence-corrected chi connectivity index (χ0v) is 53.8. The fourth-order valence-electron chi connectivity index (χ4n) is 11.9. The molecule has 6 heterocycles. The maximum absolute atomic E-state index is 15.2. The van der Waals surface area contributed by atoms with Crippen LogP contribution in [0.4, 0.5) is 8.78 Å². The predicted molar refractivity (Wildman–Crippen MR) is 349 cm³/mol. The summed E-state index contributed by atoms with van der Waals surface area (Å²) in [7, 11) is 0. The molecular formula is C67H75F2N15O15. The van der Waals surface area contributed by atoms with Gasteiger partial charge in [-0.15, -0.1) is 0 Å². The third-order valence-electron chi connectivity index (χ3n) is 17.1. The van der Waals surface area contributed by atoms with Gasteiger partial charge >= 0.3 is 5.97 Å². The Morgan fingerprint density at radius 2 is 1.27 bits per heavy atom. The molecule has 4 aromatic carbocycles. The third kappa shape index (κ3) is 19.1. The molecule has 99 heavy (non-hydrogen) atoms. The van der Waals surface area contributed by atoms with Crippen LogP contribution in [0.1, 0.15) is 73.9 Å². The zero-order valence-electron chi connectivity index (χ0n) is 53.8. The standard InChI is InChI=1S/C67H75F2N15O15/c1-35(85)77-49-16-17-56(87)72-19-21-99-44-12-6-37(7-13-44)22-50(59(70)91)83-66(98)67(2)18-3-20-84(67)65(97)55(23-36-4-10-43(86)11-5-36)82-63(95)53(28-42-32-71-34-76-42)80-64(96)54(29-58(89)90)81-62(94)52(25-39-31-74-48-15-9-41(69)27-46(39)48)79-61(93)51(78-57(88)33-75-60(49)92)24-38-30-73-47-14-8-40(68)26-45(38)47/h4-15,26-27,30-32,34,49-55,73-74,86H,3,16-25,28-29,33H2,1-2H3,(H2,70,91)(H,71,76)(H,72,87)(H,75,92)(H,77,85)(H,78,88)(H,79,93)(H,80,96)(H,81,94)(H,82,95)(H,83,98)(H,89,90)/t49-,50+,51+,52+,53+,54+,55+,67+/m1/s1. The Balaban J connectivity index is 1.06.